The second-order valence-corrected chi connectivity index (χ2v) is 7.53. The quantitative estimate of drug-likeness (QED) is 0.485. The maximum absolute atomic E-state index is 6.17. The summed E-state index contributed by atoms with van der Waals surface area (Å²) < 4.78 is 11.0. The number of nitrogens with one attached hydrogen (secondary N) is 1. The van der Waals surface area contributed by atoms with Crippen molar-refractivity contribution in [3.05, 3.63) is 66.0 Å². The average molecular weight is 417 g/mol. The van der Waals surface area contributed by atoms with E-state index in [0.717, 1.165) is 42.9 Å². The van der Waals surface area contributed by atoms with Crippen LogP contribution in [0.1, 0.15) is 24.0 Å². The molecule has 1 aliphatic heterocycles. The number of anilines is 2. The first-order chi connectivity index (χ1) is 15.3. The van der Waals surface area contributed by atoms with E-state index in [0.29, 0.717) is 30.3 Å². The summed E-state index contributed by atoms with van der Waals surface area (Å²) in [5.74, 6) is 1.41. The molecule has 0 bridgehead atoms. The lowest BCUT2D eigenvalue weighted by atomic mass is 10.1. The fourth-order valence-corrected chi connectivity index (χ4v) is 3.71. The summed E-state index contributed by atoms with van der Waals surface area (Å²) >= 11 is 0. The van der Waals surface area contributed by atoms with Gasteiger partial charge in [-0.25, -0.2) is 14.6 Å². The van der Waals surface area contributed by atoms with Gasteiger partial charge in [0.15, 0.2) is 11.6 Å². The van der Waals surface area contributed by atoms with E-state index in [2.05, 4.69) is 42.6 Å². The largest absolute Gasteiger partial charge is 0.372 e. The van der Waals surface area contributed by atoms with Gasteiger partial charge < -0.3 is 15.0 Å². The lowest BCUT2D eigenvalue weighted by molar-refractivity contribution is 0.0313. The molecule has 0 spiro atoms. The van der Waals surface area contributed by atoms with E-state index in [-0.39, 0.29) is 6.10 Å². The zero-order valence-electron chi connectivity index (χ0n) is 17.0. The summed E-state index contributed by atoms with van der Waals surface area (Å²) in [6, 6.07) is 14.1. The minimum absolute atomic E-state index is 0.101. The van der Waals surface area contributed by atoms with Crippen molar-refractivity contribution in [3.63, 3.8) is 0 Å². The summed E-state index contributed by atoms with van der Waals surface area (Å²) in [4.78, 5) is 15.7. The third-order valence-corrected chi connectivity index (χ3v) is 5.28. The van der Waals surface area contributed by atoms with E-state index >= 15 is 0 Å². The van der Waals surface area contributed by atoms with Gasteiger partial charge in [0.25, 0.3) is 0 Å². The number of piperidine rings is 1. The minimum atomic E-state index is 0.101. The molecule has 4 aromatic rings. The zero-order valence-corrected chi connectivity index (χ0v) is 17.0. The highest BCUT2D eigenvalue weighted by molar-refractivity contribution is 5.74. The Kier molecular flexibility index (Phi) is 5.66. The predicted molar refractivity (Wildman–Crippen MR) is 115 cm³/mol. The number of aromatic nitrogens is 5. The highest BCUT2D eigenvalue weighted by Crippen LogP contribution is 2.28. The van der Waals surface area contributed by atoms with Gasteiger partial charge in [0.2, 0.25) is 11.3 Å². The molecule has 1 aliphatic rings. The Labute approximate surface area is 179 Å². The van der Waals surface area contributed by atoms with Crippen molar-refractivity contribution in [2.45, 2.75) is 32.1 Å². The molecule has 0 saturated carbocycles. The van der Waals surface area contributed by atoms with Crippen LogP contribution in [0.15, 0.2) is 59.5 Å². The second kappa shape index (κ2) is 9.05. The van der Waals surface area contributed by atoms with Crippen LogP contribution in [0.3, 0.4) is 0 Å². The minimum Gasteiger partial charge on any atom is -0.372 e. The summed E-state index contributed by atoms with van der Waals surface area (Å²) in [5.41, 5.74) is 3.02. The Morgan fingerprint density at radius 3 is 2.71 bits per heavy atom. The van der Waals surface area contributed by atoms with E-state index in [1.165, 1.54) is 0 Å². The molecule has 3 aromatic heterocycles. The molecule has 1 fully saturated rings. The van der Waals surface area contributed by atoms with Crippen LogP contribution < -0.4 is 10.2 Å². The molecule has 0 amide bonds. The summed E-state index contributed by atoms with van der Waals surface area (Å²) in [5, 5.41) is 11.1. The van der Waals surface area contributed by atoms with Gasteiger partial charge >= 0.3 is 0 Å². The van der Waals surface area contributed by atoms with Gasteiger partial charge in [-0.05, 0) is 40.3 Å². The lowest BCUT2D eigenvalue weighted by Gasteiger charge is -2.34. The third-order valence-electron chi connectivity index (χ3n) is 5.28. The first kappa shape index (κ1) is 19.4. The number of rotatable bonds is 7. The number of pyridine rings is 1. The smallest absolute Gasteiger partial charge is 0.245 e. The van der Waals surface area contributed by atoms with Crippen molar-refractivity contribution in [2.75, 3.05) is 23.3 Å². The zero-order chi connectivity index (χ0) is 20.9. The van der Waals surface area contributed by atoms with Gasteiger partial charge in [-0.3, -0.25) is 4.98 Å². The van der Waals surface area contributed by atoms with Crippen LogP contribution in [0.25, 0.3) is 11.3 Å². The second-order valence-electron chi connectivity index (χ2n) is 7.53. The van der Waals surface area contributed by atoms with Gasteiger partial charge in [0, 0.05) is 32.0 Å². The number of benzene rings is 1. The fourth-order valence-electron chi connectivity index (χ4n) is 3.71. The Balaban J connectivity index is 1.33. The molecule has 5 rings (SSSR count). The van der Waals surface area contributed by atoms with Crippen LogP contribution in [0.4, 0.5) is 11.6 Å². The maximum atomic E-state index is 6.17. The molecule has 4 heterocycles. The number of fused-ring (bicyclic) bond motifs is 1. The van der Waals surface area contributed by atoms with Crippen LogP contribution in [-0.2, 0) is 17.9 Å². The van der Waals surface area contributed by atoms with E-state index < -0.39 is 0 Å². The first-order valence-electron chi connectivity index (χ1n) is 10.4. The van der Waals surface area contributed by atoms with Gasteiger partial charge in [0.05, 0.1) is 12.7 Å². The maximum Gasteiger partial charge on any atom is 0.245 e. The van der Waals surface area contributed by atoms with Crippen molar-refractivity contribution in [2.24, 2.45) is 0 Å². The monoisotopic (exact) mass is 417 g/mol. The number of nitrogens with zero attached hydrogens (tertiary/aromatic N) is 6. The molecular weight excluding hydrogens is 394 g/mol. The molecule has 31 heavy (non-hydrogen) atoms. The molecule has 1 N–H and O–H groups in total. The molecule has 1 saturated heterocycles. The van der Waals surface area contributed by atoms with Crippen molar-refractivity contribution >= 4 is 22.9 Å². The van der Waals surface area contributed by atoms with Gasteiger partial charge in [-0.2, -0.15) is 0 Å². The molecule has 1 aromatic carbocycles. The Hall–Kier alpha value is -3.59. The Bertz CT molecular complexity index is 1120. The molecule has 0 radical (unpaired) electrons. The third kappa shape index (κ3) is 4.61. The normalized spacial score (nSPS) is 16.5. The summed E-state index contributed by atoms with van der Waals surface area (Å²) in [7, 11) is 0. The molecule has 1 atom stereocenters. The number of hydrogen-bond donors (Lipinski definition) is 1. The van der Waals surface area contributed by atoms with Crippen LogP contribution in [0.2, 0.25) is 0 Å². The molecular formula is C22H23N7O2. The van der Waals surface area contributed by atoms with E-state index in [9.17, 15) is 0 Å². The van der Waals surface area contributed by atoms with Crippen LogP contribution in [-0.4, -0.2) is 44.5 Å². The number of ether oxygens (including phenoxy) is 1. The summed E-state index contributed by atoms with van der Waals surface area (Å²) in [6.07, 6.45) is 5.72. The van der Waals surface area contributed by atoms with Crippen molar-refractivity contribution in [1.82, 2.24) is 25.3 Å². The van der Waals surface area contributed by atoms with E-state index in [4.69, 9.17) is 14.3 Å². The SMILES string of the molecule is c1ccc(CNc2nc3nonc3nc2N2CCC[C@H](OCc3cccnc3)C2)cc1. The summed E-state index contributed by atoms with van der Waals surface area (Å²) in [6.45, 7) is 2.78. The standard InChI is InChI=1S/C22H23N7O2/c1-2-6-16(7-3-1)13-24-21-22(26-20-19(25-21)27-31-28-20)29-11-5-9-18(14-29)30-15-17-8-4-10-23-12-17/h1-4,6-8,10,12,18H,5,9,11,13-15H2,(H,24,25,27)/t18-/m0/s1. The molecule has 9 nitrogen and oxygen atoms in total. The first-order valence-corrected chi connectivity index (χ1v) is 10.4. The van der Waals surface area contributed by atoms with Gasteiger partial charge in [0.1, 0.15) is 0 Å². The molecule has 0 aliphatic carbocycles. The van der Waals surface area contributed by atoms with Crippen molar-refractivity contribution in [1.29, 1.82) is 0 Å². The molecule has 158 valence electrons. The van der Waals surface area contributed by atoms with Gasteiger partial charge in [-0.1, -0.05) is 36.4 Å². The highest BCUT2D eigenvalue weighted by atomic mass is 16.6. The van der Waals surface area contributed by atoms with E-state index in [1.54, 1.807) is 6.20 Å². The van der Waals surface area contributed by atoms with Crippen molar-refractivity contribution < 1.29 is 9.37 Å². The Morgan fingerprint density at radius 2 is 1.87 bits per heavy atom. The number of hydrogen-bond acceptors (Lipinski definition) is 9. The van der Waals surface area contributed by atoms with Gasteiger partial charge in [-0.15, -0.1) is 0 Å². The van der Waals surface area contributed by atoms with Crippen LogP contribution in [0.5, 0.6) is 0 Å². The molecule has 0 unspecified atom stereocenters. The predicted octanol–water partition coefficient (Wildman–Crippen LogP) is 3.21. The highest BCUT2D eigenvalue weighted by Gasteiger charge is 2.25. The van der Waals surface area contributed by atoms with E-state index in [1.807, 2.05) is 36.5 Å². The average Bonchev–Trinajstić information content (AvgIpc) is 3.30. The van der Waals surface area contributed by atoms with Crippen LogP contribution >= 0.6 is 0 Å². The fraction of sp³-hybridized carbons (Fsp3) is 0.318. The molecule has 9 heteroatoms. The lowest BCUT2D eigenvalue weighted by Crippen LogP contribution is -2.40. The topological polar surface area (TPSA) is 102 Å². The van der Waals surface area contributed by atoms with Crippen molar-refractivity contribution in [3.8, 4) is 0 Å². The van der Waals surface area contributed by atoms with Crippen LogP contribution in [0, 0.1) is 0 Å². The Morgan fingerprint density at radius 1 is 1.03 bits per heavy atom.